The third-order valence-electron chi connectivity index (χ3n) is 3.13. The van der Waals surface area contributed by atoms with Crippen LogP contribution < -0.4 is 0 Å². The van der Waals surface area contributed by atoms with Crippen molar-refractivity contribution in [3.63, 3.8) is 0 Å². The molecule has 0 saturated carbocycles. The predicted octanol–water partition coefficient (Wildman–Crippen LogP) is 5.33. The number of aromatic nitrogens is 2. The molecule has 20 heavy (non-hydrogen) atoms. The van der Waals surface area contributed by atoms with E-state index >= 15 is 0 Å². The van der Waals surface area contributed by atoms with E-state index < -0.39 is 0 Å². The maximum Gasteiger partial charge on any atom is 0.136 e. The molecule has 1 aromatic heterocycles. The van der Waals surface area contributed by atoms with Crippen LogP contribution in [0, 0.1) is 20.8 Å². The lowest BCUT2D eigenvalue weighted by atomic mass is 10.2. The van der Waals surface area contributed by atoms with Crippen molar-refractivity contribution >= 4 is 23.4 Å². The van der Waals surface area contributed by atoms with Gasteiger partial charge in [-0.3, -0.25) is 0 Å². The van der Waals surface area contributed by atoms with Gasteiger partial charge < -0.3 is 0 Å². The lowest BCUT2D eigenvalue weighted by Gasteiger charge is -2.12. The van der Waals surface area contributed by atoms with Crippen LogP contribution in [-0.2, 0) is 0 Å². The molecule has 2 rings (SSSR count). The average molecular weight is 307 g/mol. The van der Waals surface area contributed by atoms with Crippen molar-refractivity contribution in [2.24, 2.45) is 0 Å². The molecule has 0 spiro atoms. The first-order valence-corrected chi connectivity index (χ1v) is 7.87. The van der Waals surface area contributed by atoms with Gasteiger partial charge in [0, 0.05) is 16.4 Å². The number of aryl methyl sites for hydroxylation is 2. The zero-order valence-corrected chi connectivity index (χ0v) is 14.1. The number of halogens is 1. The highest BCUT2D eigenvalue weighted by atomic mass is 35.5. The van der Waals surface area contributed by atoms with Crippen molar-refractivity contribution in [2.45, 2.75) is 50.5 Å². The van der Waals surface area contributed by atoms with Gasteiger partial charge in [-0.2, -0.15) is 0 Å². The van der Waals surface area contributed by atoms with Gasteiger partial charge in [0.25, 0.3) is 0 Å². The van der Waals surface area contributed by atoms with Crippen molar-refractivity contribution < 1.29 is 0 Å². The SMILES string of the molecule is Cc1ccc(C)c(Sc2nc(C(C)C)nc(Cl)c2C)c1. The van der Waals surface area contributed by atoms with Crippen molar-refractivity contribution in [2.75, 3.05) is 0 Å². The molecule has 1 aromatic carbocycles. The van der Waals surface area contributed by atoms with Gasteiger partial charge in [0.15, 0.2) is 0 Å². The van der Waals surface area contributed by atoms with Crippen LogP contribution in [0.2, 0.25) is 5.15 Å². The normalized spacial score (nSPS) is 11.2. The summed E-state index contributed by atoms with van der Waals surface area (Å²) in [5, 5.41) is 1.50. The predicted molar refractivity (Wildman–Crippen MR) is 85.9 cm³/mol. The molecule has 0 fully saturated rings. The second kappa shape index (κ2) is 6.15. The average Bonchev–Trinajstić information content (AvgIpc) is 2.38. The Morgan fingerprint density at radius 3 is 2.45 bits per heavy atom. The molecule has 0 aliphatic rings. The number of hydrogen-bond donors (Lipinski definition) is 0. The number of rotatable bonds is 3. The van der Waals surface area contributed by atoms with Gasteiger partial charge in [-0.25, -0.2) is 9.97 Å². The number of benzene rings is 1. The first-order chi connectivity index (χ1) is 9.38. The molecule has 2 aromatic rings. The van der Waals surface area contributed by atoms with Crippen LogP contribution >= 0.6 is 23.4 Å². The van der Waals surface area contributed by atoms with Gasteiger partial charge in [-0.05, 0) is 38.0 Å². The van der Waals surface area contributed by atoms with Gasteiger partial charge in [-0.15, -0.1) is 0 Å². The minimum Gasteiger partial charge on any atom is -0.226 e. The highest BCUT2D eigenvalue weighted by Crippen LogP contribution is 2.34. The number of nitrogens with zero attached hydrogens (tertiary/aromatic N) is 2. The molecule has 1 heterocycles. The molecule has 0 radical (unpaired) electrons. The fourth-order valence-corrected chi connectivity index (χ4v) is 3.07. The topological polar surface area (TPSA) is 25.8 Å². The Morgan fingerprint density at radius 1 is 1.10 bits per heavy atom. The van der Waals surface area contributed by atoms with Crippen LogP contribution in [0.3, 0.4) is 0 Å². The molecule has 4 heteroatoms. The third kappa shape index (κ3) is 3.33. The van der Waals surface area contributed by atoms with E-state index in [-0.39, 0.29) is 5.92 Å². The number of hydrogen-bond acceptors (Lipinski definition) is 3. The van der Waals surface area contributed by atoms with Crippen LogP contribution in [0.25, 0.3) is 0 Å². The molecule has 2 nitrogen and oxygen atoms in total. The van der Waals surface area contributed by atoms with Crippen molar-refractivity contribution in [3.8, 4) is 0 Å². The molecule has 0 bridgehead atoms. The monoisotopic (exact) mass is 306 g/mol. The van der Waals surface area contributed by atoms with E-state index in [0.29, 0.717) is 5.15 Å². The van der Waals surface area contributed by atoms with E-state index in [9.17, 15) is 0 Å². The summed E-state index contributed by atoms with van der Waals surface area (Å²) in [5.41, 5.74) is 3.45. The van der Waals surface area contributed by atoms with E-state index in [1.54, 1.807) is 11.8 Å². The van der Waals surface area contributed by atoms with Crippen LogP contribution in [-0.4, -0.2) is 9.97 Å². The Kier molecular flexibility index (Phi) is 4.71. The fourth-order valence-electron chi connectivity index (χ4n) is 1.76. The Hall–Kier alpha value is -1.06. The molecule has 0 N–H and O–H groups in total. The standard InChI is InChI=1S/C16H19ClN2S/c1-9(2)15-18-14(17)12(5)16(19-15)20-13-8-10(3)6-7-11(13)4/h6-9H,1-5H3. The molecule has 0 aliphatic carbocycles. The second-order valence-electron chi connectivity index (χ2n) is 5.33. The summed E-state index contributed by atoms with van der Waals surface area (Å²) in [6.07, 6.45) is 0. The fraction of sp³-hybridized carbons (Fsp3) is 0.375. The van der Waals surface area contributed by atoms with Gasteiger partial charge in [0.05, 0.1) is 0 Å². The Morgan fingerprint density at radius 2 is 1.80 bits per heavy atom. The summed E-state index contributed by atoms with van der Waals surface area (Å²) < 4.78 is 0. The third-order valence-corrected chi connectivity index (χ3v) is 4.74. The summed E-state index contributed by atoms with van der Waals surface area (Å²) in [6.45, 7) is 10.3. The van der Waals surface area contributed by atoms with Crippen LogP contribution in [0.5, 0.6) is 0 Å². The first kappa shape index (κ1) is 15.3. The second-order valence-corrected chi connectivity index (χ2v) is 6.72. The van der Waals surface area contributed by atoms with E-state index in [0.717, 1.165) is 16.4 Å². The van der Waals surface area contributed by atoms with Crippen molar-refractivity contribution in [3.05, 3.63) is 45.9 Å². The summed E-state index contributed by atoms with van der Waals surface area (Å²) in [5.74, 6) is 1.07. The zero-order chi connectivity index (χ0) is 14.9. The van der Waals surface area contributed by atoms with Gasteiger partial charge in [0.1, 0.15) is 16.0 Å². The Balaban J connectivity index is 2.45. The molecule has 0 saturated heterocycles. The van der Waals surface area contributed by atoms with Crippen LogP contribution in [0.1, 0.15) is 42.3 Å². The molecule has 0 unspecified atom stereocenters. The quantitative estimate of drug-likeness (QED) is 0.717. The van der Waals surface area contributed by atoms with Crippen LogP contribution in [0.4, 0.5) is 0 Å². The zero-order valence-electron chi connectivity index (χ0n) is 12.5. The largest absolute Gasteiger partial charge is 0.226 e. The minimum absolute atomic E-state index is 0.269. The molecule has 0 atom stereocenters. The molecular weight excluding hydrogens is 288 g/mol. The summed E-state index contributed by atoms with van der Waals surface area (Å²) in [4.78, 5) is 10.2. The smallest absolute Gasteiger partial charge is 0.136 e. The van der Waals surface area contributed by atoms with E-state index in [2.05, 4.69) is 55.9 Å². The summed E-state index contributed by atoms with van der Waals surface area (Å²) in [7, 11) is 0. The van der Waals surface area contributed by atoms with Crippen molar-refractivity contribution in [1.29, 1.82) is 0 Å². The van der Waals surface area contributed by atoms with Crippen LogP contribution in [0.15, 0.2) is 28.1 Å². The summed E-state index contributed by atoms with van der Waals surface area (Å²) in [6, 6.07) is 6.45. The van der Waals surface area contributed by atoms with Gasteiger partial charge in [0.2, 0.25) is 0 Å². The van der Waals surface area contributed by atoms with Gasteiger partial charge >= 0.3 is 0 Å². The maximum atomic E-state index is 6.24. The highest BCUT2D eigenvalue weighted by molar-refractivity contribution is 7.99. The highest BCUT2D eigenvalue weighted by Gasteiger charge is 2.13. The molecular formula is C16H19ClN2S. The lowest BCUT2D eigenvalue weighted by Crippen LogP contribution is -2.01. The van der Waals surface area contributed by atoms with E-state index in [1.165, 1.54) is 16.0 Å². The summed E-state index contributed by atoms with van der Waals surface area (Å²) >= 11 is 7.90. The molecule has 0 aliphatic heterocycles. The molecule has 0 amide bonds. The molecule has 106 valence electrons. The van der Waals surface area contributed by atoms with Crippen molar-refractivity contribution in [1.82, 2.24) is 9.97 Å². The maximum absolute atomic E-state index is 6.24. The van der Waals surface area contributed by atoms with E-state index in [1.807, 2.05) is 6.92 Å². The lowest BCUT2D eigenvalue weighted by molar-refractivity contribution is 0.747. The van der Waals surface area contributed by atoms with E-state index in [4.69, 9.17) is 11.6 Å². The first-order valence-electron chi connectivity index (χ1n) is 6.67. The van der Waals surface area contributed by atoms with Gasteiger partial charge in [-0.1, -0.05) is 49.3 Å². The minimum atomic E-state index is 0.269. The Bertz CT molecular complexity index is 639. The Labute approximate surface area is 130 Å².